The highest BCUT2D eigenvalue weighted by Gasteiger charge is 2.33. The van der Waals surface area contributed by atoms with Gasteiger partial charge in [0.15, 0.2) is 4.77 Å². The van der Waals surface area contributed by atoms with Crippen molar-refractivity contribution in [2.45, 2.75) is 31.8 Å². The first-order valence-corrected chi connectivity index (χ1v) is 8.40. The first-order valence-electron chi connectivity index (χ1n) is 7.99. The van der Waals surface area contributed by atoms with E-state index in [-0.39, 0.29) is 27.8 Å². The van der Waals surface area contributed by atoms with Crippen molar-refractivity contribution in [1.82, 2.24) is 20.3 Å². The van der Waals surface area contributed by atoms with Gasteiger partial charge in [-0.1, -0.05) is 25.1 Å². The molecule has 1 aliphatic rings. The van der Waals surface area contributed by atoms with Crippen molar-refractivity contribution in [2.75, 3.05) is 0 Å². The maximum atomic E-state index is 12.4. The molecule has 0 fully saturated rings. The van der Waals surface area contributed by atoms with Crippen LogP contribution >= 0.6 is 12.2 Å². The van der Waals surface area contributed by atoms with E-state index in [9.17, 15) is 9.90 Å². The fourth-order valence-corrected chi connectivity index (χ4v) is 3.74. The molecule has 1 aliphatic heterocycles. The summed E-state index contributed by atoms with van der Waals surface area (Å²) in [4.78, 5) is 21.0. The number of benzene rings is 1. The standard InChI is InChI=1S/C17H18N4O2S/c1-2-8-7-10-9-5-3-4-6-11(9)19-13(10)14(18-8)12-15(22)20-17(24)21-16(12)23/h3-6,8,14,18-19H,2,7H2,1H3,(H3,20,21,22,23,24)/t8-,14-/m0/s1. The first-order chi connectivity index (χ1) is 11.6. The van der Waals surface area contributed by atoms with Crippen LogP contribution in [-0.4, -0.2) is 26.1 Å². The number of rotatable bonds is 2. The molecule has 0 aliphatic carbocycles. The van der Waals surface area contributed by atoms with Gasteiger partial charge < -0.3 is 20.4 Å². The average molecular weight is 342 g/mol. The van der Waals surface area contributed by atoms with Gasteiger partial charge in [0.25, 0.3) is 5.56 Å². The molecule has 1 aromatic carbocycles. The molecular formula is C17H18N4O2S. The lowest BCUT2D eigenvalue weighted by Crippen LogP contribution is -2.41. The smallest absolute Gasteiger partial charge is 0.260 e. The van der Waals surface area contributed by atoms with Crippen LogP contribution in [-0.2, 0) is 6.42 Å². The van der Waals surface area contributed by atoms with E-state index in [4.69, 9.17) is 12.2 Å². The van der Waals surface area contributed by atoms with Crippen molar-refractivity contribution < 1.29 is 5.11 Å². The topological polar surface area (TPSA) is 96.7 Å². The van der Waals surface area contributed by atoms with Gasteiger partial charge >= 0.3 is 0 Å². The highest BCUT2D eigenvalue weighted by atomic mass is 32.1. The Balaban J connectivity index is 1.98. The number of nitrogens with one attached hydrogen (secondary N) is 4. The number of hydrogen-bond acceptors (Lipinski definition) is 4. The molecule has 0 saturated carbocycles. The fraction of sp³-hybridized carbons (Fsp3) is 0.294. The minimum absolute atomic E-state index is 0.112. The molecule has 0 saturated heterocycles. The van der Waals surface area contributed by atoms with Gasteiger partial charge in [-0.3, -0.25) is 9.78 Å². The Hall–Kier alpha value is -2.38. The van der Waals surface area contributed by atoms with Crippen LogP contribution in [0.5, 0.6) is 5.88 Å². The zero-order chi connectivity index (χ0) is 16.8. The third-order valence-corrected chi connectivity index (χ3v) is 4.93. The molecule has 0 amide bonds. The van der Waals surface area contributed by atoms with Gasteiger partial charge in [0, 0.05) is 22.6 Å². The zero-order valence-electron chi connectivity index (χ0n) is 13.1. The van der Waals surface area contributed by atoms with Crippen LogP contribution in [0.3, 0.4) is 0 Å². The lowest BCUT2D eigenvalue weighted by atomic mass is 9.90. The maximum absolute atomic E-state index is 12.4. The summed E-state index contributed by atoms with van der Waals surface area (Å²) in [5, 5.41) is 14.9. The molecule has 3 aromatic rings. The van der Waals surface area contributed by atoms with Crippen molar-refractivity contribution >= 4 is 23.1 Å². The van der Waals surface area contributed by atoms with Gasteiger partial charge in [-0.2, -0.15) is 0 Å². The fourth-order valence-electron chi connectivity index (χ4n) is 3.55. The molecule has 2 aromatic heterocycles. The predicted molar refractivity (Wildman–Crippen MR) is 95.0 cm³/mol. The van der Waals surface area contributed by atoms with Crippen molar-refractivity contribution in [1.29, 1.82) is 0 Å². The van der Waals surface area contributed by atoms with Crippen LogP contribution in [0.15, 0.2) is 29.1 Å². The SMILES string of the molecule is CC[C@H]1Cc2c([nH]c3ccccc23)[C@H](c2c(O)[nH]c(=S)[nH]c2=O)N1. The summed E-state index contributed by atoms with van der Waals surface area (Å²) < 4.78 is 0.112. The van der Waals surface area contributed by atoms with Gasteiger partial charge in [0.2, 0.25) is 5.88 Å². The Morgan fingerprint density at radius 2 is 2.04 bits per heavy atom. The number of aromatic hydroxyl groups is 1. The second-order valence-corrected chi connectivity index (χ2v) is 6.55. The lowest BCUT2D eigenvalue weighted by Gasteiger charge is -2.30. The highest BCUT2D eigenvalue weighted by molar-refractivity contribution is 7.71. The summed E-state index contributed by atoms with van der Waals surface area (Å²) in [5.41, 5.74) is 3.03. The molecule has 0 bridgehead atoms. The Kier molecular flexibility index (Phi) is 3.54. The first kappa shape index (κ1) is 15.2. The molecule has 124 valence electrons. The molecule has 0 unspecified atom stereocenters. The van der Waals surface area contributed by atoms with Crippen LogP contribution in [0.25, 0.3) is 10.9 Å². The van der Waals surface area contributed by atoms with E-state index in [1.807, 2.05) is 18.2 Å². The highest BCUT2D eigenvalue weighted by Crippen LogP contribution is 2.36. The summed E-state index contributed by atoms with van der Waals surface area (Å²) in [6, 6.07) is 7.91. The Labute approximate surface area is 143 Å². The summed E-state index contributed by atoms with van der Waals surface area (Å²) in [7, 11) is 0. The molecule has 3 heterocycles. The van der Waals surface area contributed by atoms with Gasteiger partial charge in [-0.25, -0.2) is 0 Å². The molecule has 4 rings (SSSR count). The van der Waals surface area contributed by atoms with E-state index in [0.29, 0.717) is 0 Å². The zero-order valence-corrected chi connectivity index (χ0v) is 14.0. The van der Waals surface area contributed by atoms with Crippen molar-refractivity contribution in [3.63, 3.8) is 0 Å². The molecular weight excluding hydrogens is 324 g/mol. The second-order valence-electron chi connectivity index (χ2n) is 6.14. The number of aromatic nitrogens is 3. The van der Waals surface area contributed by atoms with Crippen molar-refractivity contribution in [2.24, 2.45) is 0 Å². The largest absolute Gasteiger partial charge is 0.494 e. The van der Waals surface area contributed by atoms with Crippen molar-refractivity contribution in [3.05, 3.63) is 56.2 Å². The Bertz CT molecular complexity index is 1030. The van der Waals surface area contributed by atoms with E-state index in [0.717, 1.165) is 29.4 Å². The van der Waals surface area contributed by atoms with Gasteiger partial charge in [0.05, 0.1) is 6.04 Å². The minimum Gasteiger partial charge on any atom is -0.494 e. The van der Waals surface area contributed by atoms with Crippen LogP contribution in [0.4, 0.5) is 0 Å². The summed E-state index contributed by atoms with van der Waals surface area (Å²) in [5.74, 6) is -0.192. The van der Waals surface area contributed by atoms with Gasteiger partial charge in [-0.15, -0.1) is 0 Å². The molecule has 6 nitrogen and oxygen atoms in total. The van der Waals surface area contributed by atoms with Crippen LogP contribution in [0.1, 0.15) is 36.2 Å². The van der Waals surface area contributed by atoms with Crippen molar-refractivity contribution in [3.8, 4) is 5.88 Å². The van der Waals surface area contributed by atoms with E-state index in [2.05, 4.69) is 33.3 Å². The quantitative estimate of drug-likeness (QED) is 0.463. The normalized spacial score (nSPS) is 20.2. The summed E-state index contributed by atoms with van der Waals surface area (Å²) >= 11 is 4.93. The molecule has 5 N–H and O–H groups in total. The maximum Gasteiger partial charge on any atom is 0.260 e. The van der Waals surface area contributed by atoms with Crippen LogP contribution in [0, 0.1) is 4.77 Å². The monoisotopic (exact) mass is 342 g/mol. The van der Waals surface area contributed by atoms with Crippen LogP contribution < -0.4 is 10.9 Å². The third-order valence-electron chi connectivity index (χ3n) is 4.73. The average Bonchev–Trinajstić information content (AvgIpc) is 2.92. The van der Waals surface area contributed by atoms with E-state index in [1.165, 1.54) is 5.56 Å². The van der Waals surface area contributed by atoms with Gasteiger partial charge in [-0.05, 0) is 36.7 Å². The number of aromatic amines is 3. The molecule has 0 spiro atoms. The number of para-hydroxylation sites is 1. The van der Waals surface area contributed by atoms with E-state index >= 15 is 0 Å². The Morgan fingerprint density at radius 3 is 2.79 bits per heavy atom. The Morgan fingerprint density at radius 1 is 1.25 bits per heavy atom. The molecule has 2 atom stereocenters. The molecule has 24 heavy (non-hydrogen) atoms. The summed E-state index contributed by atoms with van der Waals surface area (Å²) in [6.45, 7) is 2.11. The van der Waals surface area contributed by atoms with Gasteiger partial charge in [0.1, 0.15) is 5.56 Å². The van der Waals surface area contributed by atoms with E-state index < -0.39 is 6.04 Å². The number of hydrogen-bond donors (Lipinski definition) is 5. The summed E-state index contributed by atoms with van der Waals surface area (Å²) in [6.07, 6.45) is 1.81. The van der Waals surface area contributed by atoms with E-state index in [1.54, 1.807) is 0 Å². The van der Waals surface area contributed by atoms with Crippen LogP contribution in [0.2, 0.25) is 0 Å². The second kappa shape index (κ2) is 5.61. The number of H-pyrrole nitrogens is 3. The molecule has 0 radical (unpaired) electrons. The lowest BCUT2D eigenvalue weighted by molar-refractivity contribution is 0.393. The third kappa shape index (κ3) is 2.28. The number of fused-ring (bicyclic) bond motifs is 3. The predicted octanol–water partition coefficient (Wildman–Crippen LogP) is 2.63. The minimum atomic E-state index is -0.415. The molecule has 7 heteroatoms.